The van der Waals surface area contributed by atoms with Gasteiger partial charge in [0.15, 0.2) is 12.1 Å². The minimum Gasteiger partial charge on any atom is -0.508 e. The van der Waals surface area contributed by atoms with Gasteiger partial charge in [-0.2, -0.15) is 0 Å². The lowest BCUT2D eigenvalue weighted by Crippen LogP contribution is -1.89. The first-order chi connectivity index (χ1) is 12.9. The fourth-order valence-electron chi connectivity index (χ4n) is 2.14. The predicted molar refractivity (Wildman–Crippen MR) is 114 cm³/mol. The Morgan fingerprint density at radius 2 is 1.63 bits per heavy atom. The Bertz CT molecular complexity index is 943. The summed E-state index contributed by atoms with van der Waals surface area (Å²) in [7, 11) is 1.56. The number of rotatable bonds is 7. The molecule has 27 heavy (non-hydrogen) atoms. The zero-order valence-electron chi connectivity index (χ0n) is 14.4. The Hall–Kier alpha value is -2.44. The van der Waals surface area contributed by atoms with E-state index in [0.717, 1.165) is 28.0 Å². The van der Waals surface area contributed by atoms with Gasteiger partial charge in [-0.3, -0.25) is 9.59 Å². The molecule has 0 heterocycles. The summed E-state index contributed by atoms with van der Waals surface area (Å²) in [4.78, 5) is 22.9. The highest BCUT2D eigenvalue weighted by molar-refractivity contribution is 9.10. The molecule has 6 heteroatoms. The number of carbonyl (C=O) groups is 2. The number of methoxy groups -OCH3 is 1. The van der Waals surface area contributed by atoms with Crippen molar-refractivity contribution in [2.45, 2.75) is 0 Å². The number of halogens is 2. The number of ether oxygens (including phenoxy) is 1. The molecule has 0 amide bonds. The van der Waals surface area contributed by atoms with Crippen LogP contribution in [0.4, 0.5) is 0 Å². The molecule has 138 valence electrons. The van der Waals surface area contributed by atoms with E-state index in [1.165, 1.54) is 12.2 Å². The normalized spacial score (nSPS) is 11.9. The second-order valence-corrected chi connectivity index (χ2v) is 7.14. The van der Waals surface area contributed by atoms with Crippen molar-refractivity contribution in [1.82, 2.24) is 0 Å². The number of aliphatic hydroxyl groups is 1. The molecule has 2 aromatic carbocycles. The first kappa shape index (κ1) is 20.9. The molecule has 0 saturated carbocycles. The molecular formula is C21H16Br2O4. The van der Waals surface area contributed by atoms with E-state index in [4.69, 9.17) is 4.74 Å². The molecule has 0 aromatic heterocycles. The third-order valence-electron chi connectivity index (χ3n) is 3.50. The van der Waals surface area contributed by atoms with Gasteiger partial charge in [0.05, 0.1) is 11.6 Å². The number of ketones is 1. The molecular weight excluding hydrogens is 476 g/mol. The van der Waals surface area contributed by atoms with E-state index in [1.807, 2.05) is 12.1 Å². The van der Waals surface area contributed by atoms with E-state index in [0.29, 0.717) is 15.8 Å². The van der Waals surface area contributed by atoms with Crippen molar-refractivity contribution >= 4 is 56.1 Å². The van der Waals surface area contributed by atoms with Gasteiger partial charge < -0.3 is 9.84 Å². The highest BCUT2D eigenvalue weighted by Crippen LogP contribution is 2.26. The second-order valence-electron chi connectivity index (χ2n) is 5.43. The molecule has 0 aliphatic heterocycles. The molecule has 0 fully saturated rings. The highest BCUT2D eigenvalue weighted by Gasteiger charge is 2.01. The molecule has 0 bridgehead atoms. The number of aldehydes is 1. The monoisotopic (exact) mass is 490 g/mol. The first-order valence-electron chi connectivity index (χ1n) is 7.82. The number of benzene rings is 2. The standard InChI is InChI=1S/C21H16Br2O4/c1-27-21-11-15(5-9-20(21)23)3-7-18(26)12-17(25)6-2-14-4-8-19(22)16(10-14)13-24/h2-13,25H,1H3/b6-2+,7-3+,17-12-. The van der Waals surface area contributed by atoms with Gasteiger partial charge in [0.1, 0.15) is 11.5 Å². The van der Waals surface area contributed by atoms with Gasteiger partial charge in [-0.25, -0.2) is 0 Å². The molecule has 0 saturated heterocycles. The summed E-state index contributed by atoms with van der Waals surface area (Å²) < 4.78 is 6.72. The Kier molecular flexibility index (Phi) is 7.76. The molecule has 1 N–H and O–H groups in total. The fourth-order valence-corrected chi connectivity index (χ4v) is 2.89. The Morgan fingerprint density at radius 3 is 2.30 bits per heavy atom. The van der Waals surface area contributed by atoms with E-state index in [9.17, 15) is 14.7 Å². The van der Waals surface area contributed by atoms with Crippen LogP contribution in [0, 0.1) is 0 Å². The number of aliphatic hydroxyl groups excluding tert-OH is 1. The third kappa shape index (κ3) is 6.34. The summed E-state index contributed by atoms with van der Waals surface area (Å²) in [5, 5.41) is 9.89. The first-order valence-corrected chi connectivity index (χ1v) is 9.40. The number of carbonyl (C=O) groups excluding carboxylic acids is 2. The Labute approximate surface area is 174 Å². The summed E-state index contributed by atoms with van der Waals surface area (Å²) in [5.74, 6) is 0.118. The van der Waals surface area contributed by atoms with Crippen LogP contribution in [0.2, 0.25) is 0 Å². The molecule has 2 aromatic rings. The lowest BCUT2D eigenvalue weighted by Gasteiger charge is -2.03. The number of allylic oxidation sites excluding steroid dienone is 3. The smallest absolute Gasteiger partial charge is 0.182 e. The predicted octanol–water partition coefficient (Wildman–Crippen LogP) is 5.77. The minimum atomic E-state index is -0.358. The van der Waals surface area contributed by atoms with Crippen molar-refractivity contribution in [2.24, 2.45) is 0 Å². The molecule has 0 spiro atoms. The quantitative estimate of drug-likeness (QED) is 0.231. The second kappa shape index (κ2) is 10.0. The van der Waals surface area contributed by atoms with E-state index in [-0.39, 0.29) is 11.5 Å². The number of hydrogen-bond acceptors (Lipinski definition) is 4. The van der Waals surface area contributed by atoms with Crippen molar-refractivity contribution < 1.29 is 19.4 Å². The van der Waals surface area contributed by atoms with Gasteiger partial charge in [0.2, 0.25) is 0 Å². The van der Waals surface area contributed by atoms with Crippen molar-refractivity contribution in [3.05, 3.63) is 86.0 Å². The van der Waals surface area contributed by atoms with Gasteiger partial charge in [0.25, 0.3) is 0 Å². The van der Waals surface area contributed by atoms with Gasteiger partial charge in [-0.05, 0) is 63.5 Å². The van der Waals surface area contributed by atoms with Crippen molar-refractivity contribution in [1.29, 1.82) is 0 Å². The van der Waals surface area contributed by atoms with E-state index < -0.39 is 0 Å². The molecule has 0 aliphatic rings. The number of hydrogen-bond donors (Lipinski definition) is 1. The van der Waals surface area contributed by atoms with Crippen molar-refractivity contribution in [2.75, 3.05) is 7.11 Å². The van der Waals surface area contributed by atoms with Crippen molar-refractivity contribution in [3.63, 3.8) is 0 Å². The zero-order chi connectivity index (χ0) is 19.8. The van der Waals surface area contributed by atoms with Crippen molar-refractivity contribution in [3.8, 4) is 5.75 Å². The highest BCUT2D eigenvalue weighted by atomic mass is 79.9. The molecule has 0 radical (unpaired) electrons. The van der Waals surface area contributed by atoms with Crippen LogP contribution in [0.5, 0.6) is 5.75 Å². The van der Waals surface area contributed by atoms with E-state index in [2.05, 4.69) is 31.9 Å². The van der Waals surface area contributed by atoms with Crippen LogP contribution in [0.25, 0.3) is 12.2 Å². The third-order valence-corrected chi connectivity index (χ3v) is 4.88. The Morgan fingerprint density at radius 1 is 1.00 bits per heavy atom. The average molecular weight is 492 g/mol. The Balaban J connectivity index is 2.06. The van der Waals surface area contributed by atoms with Crippen LogP contribution < -0.4 is 4.74 Å². The van der Waals surface area contributed by atoms with E-state index in [1.54, 1.807) is 43.5 Å². The van der Waals surface area contributed by atoms with Crippen LogP contribution in [0.1, 0.15) is 21.5 Å². The lowest BCUT2D eigenvalue weighted by atomic mass is 10.1. The molecule has 0 unspecified atom stereocenters. The van der Waals surface area contributed by atoms with Gasteiger partial charge in [-0.15, -0.1) is 0 Å². The van der Waals surface area contributed by atoms with Crippen LogP contribution in [0.3, 0.4) is 0 Å². The fraction of sp³-hybridized carbons (Fsp3) is 0.0476. The minimum absolute atomic E-state index is 0.186. The molecule has 0 atom stereocenters. The van der Waals surface area contributed by atoms with Gasteiger partial charge in [0, 0.05) is 16.1 Å². The maximum absolute atomic E-state index is 12.0. The molecule has 0 aliphatic carbocycles. The summed E-state index contributed by atoms with van der Waals surface area (Å²) in [6.07, 6.45) is 7.85. The summed E-state index contributed by atoms with van der Waals surface area (Å²) in [6, 6.07) is 10.6. The zero-order valence-corrected chi connectivity index (χ0v) is 17.5. The lowest BCUT2D eigenvalue weighted by molar-refractivity contribution is -0.110. The maximum atomic E-state index is 12.0. The van der Waals surface area contributed by atoms with E-state index >= 15 is 0 Å². The summed E-state index contributed by atoms with van der Waals surface area (Å²) in [5.41, 5.74) is 2.03. The topological polar surface area (TPSA) is 63.6 Å². The maximum Gasteiger partial charge on any atom is 0.182 e. The van der Waals surface area contributed by atoms with Crippen LogP contribution >= 0.6 is 31.9 Å². The average Bonchev–Trinajstić information content (AvgIpc) is 2.66. The summed E-state index contributed by atoms with van der Waals surface area (Å²) >= 11 is 6.64. The van der Waals surface area contributed by atoms with Crippen LogP contribution in [0.15, 0.2) is 69.3 Å². The van der Waals surface area contributed by atoms with Crippen LogP contribution in [-0.2, 0) is 4.79 Å². The molecule has 4 nitrogen and oxygen atoms in total. The van der Waals surface area contributed by atoms with Gasteiger partial charge >= 0.3 is 0 Å². The largest absolute Gasteiger partial charge is 0.508 e. The summed E-state index contributed by atoms with van der Waals surface area (Å²) in [6.45, 7) is 0. The molecule has 2 rings (SSSR count). The van der Waals surface area contributed by atoms with Crippen LogP contribution in [-0.4, -0.2) is 24.3 Å². The van der Waals surface area contributed by atoms with Gasteiger partial charge in [-0.1, -0.05) is 40.2 Å². The SMILES string of the molecule is COc1cc(/C=C/C(=O)/C=C(O)/C=C/c2ccc(Br)c(C=O)c2)ccc1Br.